The Kier molecular flexibility index (Phi) is 3.36. The van der Waals surface area contributed by atoms with Gasteiger partial charge in [-0.3, -0.25) is 9.48 Å². The van der Waals surface area contributed by atoms with Crippen LogP contribution in [0.3, 0.4) is 0 Å². The maximum absolute atomic E-state index is 12.2. The van der Waals surface area contributed by atoms with Crippen LogP contribution in [0, 0.1) is 0 Å². The molecule has 0 spiro atoms. The van der Waals surface area contributed by atoms with E-state index in [-0.39, 0.29) is 12.5 Å². The molecule has 1 aliphatic heterocycles. The molecular formula is C12H20N4O. The highest BCUT2D eigenvalue weighted by molar-refractivity contribution is 5.77. The molecule has 94 valence electrons. The minimum absolute atomic E-state index is 0.143. The number of nitrogens with zero attached hydrogens (tertiary/aromatic N) is 3. The molecule has 5 nitrogen and oxygen atoms in total. The lowest BCUT2D eigenvalue weighted by atomic mass is 10.1. The first-order chi connectivity index (χ1) is 8.11. The van der Waals surface area contributed by atoms with E-state index in [0.29, 0.717) is 17.8 Å². The number of carbonyl (C=O) groups excluding carboxylic acids is 1. The zero-order chi connectivity index (χ0) is 12.4. The molecule has 1 amide bonds. The maximum atomic E-state index is 12.2. The lowest BCUT2D eigenvalue weighted by Crippen LogP contribution is -2.41. The van der Waals surface area contributed by atoms with Gasteiger partial charge >= 0.3 is 0 Å². The third kappa shape index (κ3) is 2.43. The summed E-state index contributed by atoms with van der Waals surface area (Å²) in [6.07, 6.45) is 6.51. The van der Waals surface area contributed by atoms with E-state index in [0.717, 1.165) is 19.3 Å². The van der Waals surface area contributed by atoms with Crippen molar-refractivity contribution in [2.24, 2.45) is 0 Å². The van der Waals surface area contributed by atoms with Gasteiger partial charge in [0.2, 0.25) is 5.91 Å². The van der Waals surface area contributed by atoms with Gasteiger partial charge in [-0.25, -0.2) is 0 Å². The van der Waals surface area contributed by atoms with Crippen LogP contribution in [0.25, 0.3) is 0 Å². The quantitative estimate of drug-likeness (QED) is 0.859. The van der Waals surface area contributed by atoms with Crippen LogP contribution in [0.1, 0.15) is 33.1 Å². The van der Waals surface area contributed by atoms with E-state index in [2.05, 4.69) is 18.9 Å². The highest BCUT2D eigenvalue weighted by Crippen LogP contribution is 2.26. The first kappa shape index (κ1) is 12.0. The average molecular weight is 236 g/mol. The summed E-state index contributed by atoms with van der Waals surface area (Å²) in [6.45, 7) is 4.54. The number of rotatable bonds is 3. The van der Waals surface area contributed by atoms with Gasteiger partial charge in [0.1, 0.15) is 6.54 Å². The molecule has 1 aromatic heterocycles. The van der Waals surface area contributed by atoms with E-state index in [4.69, 9.17) is 5.73 Å². The lowest BCUT2D eigenvalue weighted by Gasteiger charge is -2.28. The molecule has 5 heteroatoms. The molecule has 0 aromatic carbocycles. The van der Waals surface area contributed by atoms with Crippen molar-refractivity contribution < 1.29 is 4.79 Å². The number of hydrogen-bond donors (Lipinski definition) is 1. The summed E-state index contributed by atoms with van der Waals surface area (Å²) in [4.78, 5) is 14.2. The van der Waals surface area contributed by atoms with Crippen LogP contribution in [0.4, 0.5) is 5.69 Å². The molecule has 0 saturated carbocycles. The molecular weight excluding hydrogens is 216 g/mol. The minimum Gasteiger partial charge on any atom is -0.396 e. The van der Waals surface area contributed by atoms with Crippen LogP contribution < -0.4 is 5.73 Å². The van der Waals surface area contributed by atoms with Gasteiger partial charge in [-0.15, -0.1) is 0 Å². The monoisotopic (exact) mass is 236 g/mol. The molecule has 2 atom stereocenters. The van der Waals surface area contributed by atoms with Crippen molar-refractivity contribution >= 4 is 11.6 Å². The normalized spacial score (nSPS) is 24.2. The number of anilines is 1. The summed E-state index contributed by atoms with van der Waals surface area (Å²) in [5.41, 5.74) is 6.18. The first-order valence-electron chi connectivity index (χ1n) is 6.21. The second-order valence-corrected chi connectivity index (χ2v) is 4.76. The fourth-order valence-electron chi connectivity index (χ4n) is 2.61. The number of aromatic nitrogens is 2. The fraction of sp³-hybridized carbons (Fsp3) is 0.667. The van der Waals surface area contributed by atoms with Crippen molar-refractivity contribution in [1.29, 1.82) is 0 Å². The lowest BCUT2D eigenvalue weighted by molar-refractivity contribution is -0.134. The topological polar surface area (TPSA) is 64.2 Å². The van der Waals surface area contributed by atoms with E-state index in [1.165, 1.54) is 0 Å². The minimum atomic E-state index is 0.143. The third-order valence-electron chi connectivity index (χ3n) is 3.50. The summed E-state index contributed by atoms with van der Waals surface area (Å²) in [5, 5.41) is 4.05. The number of likely N-dealkylation sites (tertiary alicyclic amines) is 1. The Balaban J connectivity index is 2.04. The molecule has 1 saturated heterocycles. The van der Waals surface area contributed by atoms with Crippen molar-refractivity contribution in [3.05, 3.63) is 12.4 Å². The zero-order valence-corrected chi connectivity index (χ0v) is 10.5. The molecule has 0 bridgehead atoms. The van der Waals surface area contributed by atoms with Gasteiger partial charge in [0.25, 0.3) is 0 Å². The largest absolute Gasteiger partial charge is 0.396 e. The molecule has 0 aliphatic carbocycles. The fourth-order valence-corrected chi connectivity index (χ4v) is 2.61. The molecule has 1 aromatic rings. The maximum Gasteiger partial charge on any atom is 0.244 e. The van der Waals surface area contributed by atoms with Gasteiger partial charge in [0, 0.05) is 18.3 Å². The summed E-state index contributed by atoms with van der Waals surface area (Å²) >= 11 is 0. The van der Waals surface area contributed by atoms with E-state index in [1.54, 1.807) is 17.1 Å². The average Bonchev–Trinajstić information content (AvgIpc) is 2.84. The summed E-state index contributed by atoms with van der Waals surface area (Å²) < 4.78 is 1.61. The molecule has 2 heterocycles. The van der Waals surface area contributed by atoms with Gasteiger partial charge < -0.3 is 10.6 Å². The third-order valence-corrected chi connectivity index (χ3v) is 3.50. The second-order valence-electron chi connectivity index (χ2n) is 4.76. The Morgan fingerprint density at radius 1 is 1.59 bits per heavy atom. The number of amides is 1. The Labute approximate surface area is 102 Å². The predicted molar refractivity (Wildman–Crippen MR) is 66.3 cm³/mol. The van der Waals surface area contributed by atoms with Gasteiger partial charge in [0.05, 0.1) is 11.9 Å². The molecule has 1 aliphatic rings. The summed E-state index contributed by atoms with van der Waals surface area (Å²) in [5.74, 6) is 0.143. The van der Waals surface area contributed by atoms with Crippen LogP contribution in [0.15, 0.2) is 12.4 Å². The molecule has 2 rings (SSSR count). The van der Waals surface area contributed by atoms with Crippen LogP contribution in [-0.2, 0) is 11.3 Å². The van der Waals surface area contributed by atoms with E-state index in [9.17, 15) is 4.79 Å². The van der Waals surface area contributed by atoms with E-state index >= 15 is 0 Å². The summed E-state index contributed by atoms with van der Waals surface area (Å²) in [6, 6.07) is 0.741. The van der Waals surface area contributed by atoms with Crippen LogP contribution >= 0.6 is 0 Å². The van der Waals surface area contributed by atoms with Crippen molar-refractivity contribution in [1.82, 2.24) is 14.7 Å². The number of carbonyl (C=O) groups is 1. The standard InChI is InChI=1S/C12H20N4O/c1-3-11-5-4-9(2)16(11)12(17)8-15-7-10(13)6-14-15/h6-7,9,11H,3-5,8,13H2,1-2H3. The Morgan fingerprint density at radius 3 is 2.94 bits per heavy atom. The Morgan fingerprint density at radius 2 is 2.35 bits per heavy atom. The van der Waals surface area contributed by atoms with Crippen LogP contribution in [0.2, 0.25) is 0 Å². The highest BCUT2D eigenvalue weighted by atomic mass is 16.2. The molecule has 2 N–H and O–H groups in total. The molecule has 17 heavy (non-hydrogen) atoms. The number of nitrogens with two attached hydrogens (primary N) is 1. The highest BCUT2D eigenvalue weighted by Gasteiger charge is 2.32. The Bertz CT molecular complexity index is 401. The smallest absolute Gasteiger partial charge is 0.244 e. The van der Waals surface area contributed by atoms with Gasteiger partial charge in [-0.1, -0.05) is 6.92 Å². The van der Waals surface area contributed by atoms with Crippen molar-refractivity contribution in [2.45, 2.75) is 51.7 Å². The predicted octanol–water partition coefficient (Wildman–Crippen LogP) is 1.25. The Hall–Kier alpha value is -1.52. The zero-order valence-electron chi connectivity index (χ0n) is 10.5. The van der Waals surface area contributed by atoms with Gasteiger partial charge in [-0.2, -0.15) is 5.10 Å². The SMILES string of the molecule is CCC1CCC(C)N1C(=O)Cn1cc(N)cn1. The van der Waals surface area contributed by atoms with Crippen LogP contribution in [0.5, 0.6) is 0 Å². The number of hydrogen-bond acceptors (Lipinski definition) is 3. The molecule has 1 fully saturated rings. The van der Waals surface area contributed by atoms with Crippen LogP contribution in [-0.4, -0.2) is 32.7 Å². The van der Waals surface area contributed by atoms with Gasteiger partial charge in [-0.05, 0) is 26.2 Å². The van der Waals surface area contributed by atoms with Gasteiger partial charge in [0.15, 0.2) is 0 Å². The van der Waals surface area contributed by atoms with Crippen molar-refractivity contribution in [3.63, 3.8) is 0 Å². The molecule has 0 radical (unpaired) electrons. The second kappa shape index (κ2) is 4.77. The van der Waals surface area contributed by atoms with E-state index < -0.39 is 0 Å². The van der Waals surface area contributed by atoms with Crippen molar-refractivity contribution in [3.8, 4) is 0 Å². The number of nitrogen functional groups attached to an aromatic ring is 1. The van der Waals surface area contributed by atoms with Crippen molar-refractivity contribution in [2.75, 3.05) is 5.73 Å². The first-order valence-corrected chi connectivity index (χ1v) is 6.21. The van der Waals surface area contributed by atoms with E-state index in [1.807, 2.05) is 4.90 Å². The molecule has 2 unspecified atom stereocenters. The summed E-state index contributed by atoms with van der Waals surface area (Å²) in [7, 11) is 0.